The van der Waals surface area contributed by atoms with Crippen molar-refractivity contribution < 1.29 is 14.3 Å². The van der Waals surface area contributed by atoms with Crippen molar-refractivity contribution in [3.8, 4) is 5.75 Å². The van der Waals surface area contributed by atoms with Crippen LogP contribution in [0, 0.1) is 6.92 Å². The third-order valence-corrected chi connectivity index (χ3v) is 2.61. The Bertz CT molecular complexity index is 612. The van der Waals surface area contributed by atoms with Gasteiger partial charge in [-0.3, -0.25) is 9.78 Å². The summed E-state index contributed by atoms with van der Waals surface area (Å²) in [5, 5.41) is 2.46. The molecule has 102 valence electrons. The number of benzene rings is 1. The Kier molecular flexibility index (Phi) is 4.44. The Balaban J connectivity index is 1.87. The zero-order chi connectivity index (χ0) is 14.4. The van der Waals surface area contributed by atoms with Crippen molar-refractivity contribution in [2.24, 2.45) is 0 Å². The summed E-state index contributed by atoms with van der Waals surface area (Å²) in [6, 6.07) is 12.2. The number of nitrogens with zero attached hydrogens (tertiary/aromatic N) is 1. The molecule has 1 aromatic heterocycles. The van der Waals surface area contributed by atoms with E-state index in [1.807, 2.05) is 19.1 Å². The minimum atomic E-state index is -0.524. The molecule has 0 saturated heterocycles. The summed E-state index contributed by atoms with van der Waals surface area (Å²) in [5.74, 6) is -0.444. The Morgan fingerprint density at radius 2 is 1.90 bits per heavy atom. The molecule has 0 radical (unpaired) electrons. The van der Waals surface area contributed by atoms with E-state index in [1.54, 1.807) is 30.3 Å². The number of rotatable bonds is 4. The van der Waals surface area contributed by atoms with Gasteiger partial charge in [0.2, 0.25) is 0 Å². The van der Waals surface area contributed by atoms with E-state index < -0.39 is 11.9 Å². The van der Waals surface area contributed by atoms with Gasteiger partial charge in [0.05, 0.1) is 0 Å². The van der Waals surface area contributed by atoms with Crippen LogP contribution in [-0.4, -0.2) is 23.4 Å². The van der Waals surface area contributed by atoms with Gasteiger partial charge < -0.3 is 10.1 Å². The smallest absolute Gasteiger partial charge is 0.330 e. The third kappa shape index (κ3) is 3.65. The van der Waals surface area contributed by atoms with Crippen LogP contribution in [0.5, 0.6) is 5.75 Å². The molecule has 2 rings (SSSR count). The van der Waals surface area contributed by atoms with Gasteiger partial charge in [0.1, 0.15) is 18.0 Å². The minimum absolute atomic E-state index is 0.205. The van der Waals surface area contributed by atoms with Crippen LogP contribution < -0.4 is 10.1 Å². The van der Waals surface area contributed by atoms with Crippen LogP contribution in [0.1, 0.15) is 16.1 Å². The normalized spacial score (nSPS) is 9.85. The standard InChI is InChI=1S/C15H14N2O3/c1-11-6-2-3-8-13(11)20-14(18)10-17-15(19)12-7-4-5-9-16-12/h2-9H,10H2,1H3,(H,17,19). The first-order valence-corrected chi connectivity index (χ1v) is 6.12. The van der Waals surface area contributed by atoms with Crippen molar-refractivity contribution >= 4 is 11.9 Å². The van der Waals surface area contributed by atoms with E-state index in [1.165, 1.54) is 6.20 Å². The molecule has 0 fully saturated rings. The SMILES string of the molecule is Cc1ccccc1OC(=O)CNC(=O)c1ccccn1. The quantitative estimate of drug-likeness (QED) is 0.678. The Morgan fingerprint density at radius 1 is 1.15 bits per heavy atom. The van der Waals surface area contributed by atoms with Crippen LogP contribution in [0.25, 0.3) is 0 Å². The lowest BCUT2D eigenvalue weighted by molar-refractivity contribution is -0.133. The number of hydrogen-bond donors (Lipinski definition) is 1. The highest BCUT2D eigenvalue weighted by Gasteiger charge is 2.10. The summed E-state index contributed by atoms with van der Waals surface area (Å²) in [6.45, 7) is 1.64. The van der Waals surface area contributed by atoms with Gasteiger partial charge in [-0.05, 0) is 30.7 Å². The van der Waals surface area contributed by atoms with Crippen molar-refractivity contribution in [2.75, 3.05) is 6.54 Å². The molecule has 1 amide bonds. The largest absolute Gasteiger partial charge is 0.425 e. The molecule has 1 heterocycles. The zero-order valence-corrected chi connectivity index (χ0v) is 11.0. The van der Waals surface area contributed by atoms with Gasteiger partial charge in [-0.15, -0.1) is 0 Å². The Labute approximate surface area is 116 Å². The topological polar surface area (TPSA) is 68.3 Å². The third-order valence-electron chi connectivity index (χ3n) is 2.61. The van der Waals surface area contributed by atoms with Crippen LogP contribution in [0.15, 0.2) is 48.7 Å². The van der Waals surface area contributed by atoms with Crippen molar-refractivity contribution in [2.45, 2.75) is 6.92 Å². The van der Waals surface area contributed by atoms with Gasteiger partial charge in [0.15, 0.2) is 0 Å². The zero-order valence-electron chi connectivity index (χ0n) is 11.0. The molecule has 0 aliphatic heterocycles. The van der Waals surface area contributed by atoms with E-state index >= 15 is 0 Å². The van der Waals surface area contributed by atoms with Crippen molar-refractivity contribution in [1.82, 2.24) is 10.3 Å². The number of para-hydroxylation sites is 1. The molecule has 0 saturated carbocycles. The number of nitrogens with one attached hydrogen (secondary N) is 1. The van der Waals surface area contributed by atoms with E-state index in [2.05, 4.69) is 10.3 Å². The second-order valence-electron chi connectivity index (χ2n) is 4.14. The first-order valence-electron chi connectivity index (χ1n) is 6.12. The number of esters is 1. The molecule has 2 aromatic rings. The van der Waals surface area contributed by atoms with Crippen molar-refractivity contribution in [3.63, 3.8) is 0 Å². The fourth-order valence-corrected chi connectivity index (χ4v) is 1.57. The fourth-order valence-electron chi connectivity index (χ4n) is 1.57. The summed E-state index contributed by atoms with van der Waals surface area (Å²) < 4.78 is 5.16. The number of carbonyl (C=O) groups is 2. The molecule has 0 aliphatic carbocycles. The lowest BCUT2D eigenvalue weighted by Gasteiger charge is -2.07. The molecule has 1 N–H and O–H groups in total. The molecule has 0 spiro atoms. The number of aromatic nitrogens is 1. The maximum Gasteiger partial charge on any atom is 0.330 e. The van der Waals surface area contributed by atoms with Crippen LogP contribution in [0.2, 0.25) is 0 Å². The second-order valence-corrected chi connectivity index (χ2v) is 4.14. The maximum absolute atomic E-state index is 11.7. The molecule has 5 nitrogen and oxygen atoms in total. The number of aryl methyl sites for hydroxylation is 1. The monoisotopic (exact) mass is 270 g/mol. The van der Waals surface area contributed by atoms with Gasteiger partial charge in [-0.2, -0.15) is 0 Å². The predicted octanol–water partition coefficient (Wildman–Crippen LogP) is 1.73. The number of amides is 1. The summed E-state index contributed by atoms with van der Waals surface area (Å²) in [7, 11) is 0. The highest BCUT2D eigenvalue weighted by Crippen LogP contribution is 2.15. The fraction of sp³-hybridized carbons (Fsp3) is 0.133. The first-order chi connectivity index (χ1) is 9.66. The Morgan fingerprint density at radius 3 is 2.60 bits per heavy atom. The number of carbonyl (C=O) groups excluding carboxylic acids is 2. The molecule has 0 unspecified atom stereocenters. The van der Waals surface area contributed by atoms with Gasteiger partial charge in [0, 0.05) is 6.20 Å². The van der Waals surface area contributed by atoms with Crippen LogP contribution in [-0.2, 0) is 4.79 Å². The molecular formula is C15H14N2O3. The average Bonchev–Trinajstić information content (AvgIpc) is 2.48. The predicted molar refractivity (Wildman–Crippen MR) is 73.4 cm³/mol. The molecule has 1 aromatic carbocycles. The van der Waals surface area contributed by atoms with E-state index in [0.29, 0.717) is 5.75 Å². The van der Waals surface area contributed by atoms with E-state index in [4.69, 9.17) is 4.74 Å². The van der Waals surface area contributed by atoms with Gasteiger partial charge in [-0.25, -0.2) is 4.79 Å². The lowest BCUT2D eigenvalue weighted by Crippen LogP contribution is -2.32. The van der Waals surface area contributed by atoms with E-state index in [9.17, 15) is 9.59 Å². The molecule has 0 bridgehead atoms. The average molecular weight is 270 g/mol. The molecule has 20 heavy (non-hydrogen) atoms. The van der Waals surface area contributed by atoms with Crippen molar-refractivity contribution in [3.05, 3.63) is 59.9 Å². The molecule has 5 heteroatoms. The highest BCUT2D eigenvalue weighted by molar-refractivity contribution is 5.94. The van der Waals surface area contributed by atoms with Gasteiger partial charge in [-0.1, -0.05) is 24.3 Å². The lowest BCUT2D eigenvalue weighted by atomic mass is 10.2. The Hall–Kier alpha value is -2.69. The summed E-state index contributed by atoms with van der Waals surface area (Å²) >= 11 is 0. The number of hydrogen-bond acceptors (Lipinski definition) is 4. The molecular weight excluding hydrogens is 256 g/mol. The number of pyridine rings is 1. The van der Waals surface area contributed by atoms with Gasteiger partial charge >= 0.3 is 5.97 Å². The second kappa shape index (κ2) is 6.47. The summed E-state index contributed by atoms with van der Waals surface area (Å²) in [4.78, 5) is 27.2. The minimum Gasteiger partial charge on any atom is -0.425 e. The summed E-state index contributed by atoms with van der Waals surface area (Å²) in [5.41, 5.74) is 1.12. The summed E-state index contributed by atoms with van der Waals surface area (Å²) in [6.07, 6.45) is 1.51. The van der Waals surface area contributed by atoms with Crippen LogP contribution >= 0.6 is 0 Å². The van der Waals surface area contributed by atoms with E-state index in [-0.39, 0.29) is 12.2 Å². The highest BCUT2D eigenvalue weighted by atomic mass is 16.5. The van der Waals surface area contributed by atoms with Gasteiger partial charge in [0.25, 0.3) is 5.91 Å². The first kappa shape index (κ1) is 13.7. The maximum atomic E-state index is 11.7. The van der Waals surface area contributed by atoms with E-state index in [0.717, 1.165) is 5.56 Å². The van der Waals surface area contributed by atoms with Crippen LogP contribution in [0.4, 0.5) is 0 Å². The molecule has 0 atom stereocenters. The van der Waals surface area contributed by atoms with Crippen LogP contribution in [0.3, 0.4) is 0 Å². The number of ether oxygens (including phenoxy) is 1. The van der Waals surface area contributed by atoms with Crippen molar-refractivity contribution in [1.29, 1.82) is 0 Å². The molecule has 0 aliphatic rings.